The van der Waals surface area contributed by atoms with Crippen LogP contribution in [-0.4, -0.2) is 52.5 Å². The van der Waals surface area contributed by atoms with Gasteiger partial charge in [-0.2, -0.15) is 0 Å². The maximum Gasteiger partial charge on any atom is 0.331 e. The Hall–Kier alpha value is -2.02. The summed E-state index contributed by atoms with van der Waals surface area (Å²) in [6.45, 7) is 10.8. The third kappa shape index (κ3) is 6.73. The molecule has 2 aliphatic rings. The topological polar surface area (TPSA) is 96.4 Å². The molecule has 5 atom stereocenters. The molecular formula is C25H36O6. The Morgan fingerprint density at radius 3 is 2.52 bits per heavy atom. The normalized spacial score (nSPS) is 34.5. The van der Waals surface area contributed by atoms with Crippen molar-refractivity contribution >= 4 is 11.8 Å². The minimum atomic E-state index is -1.60. The minimum absolute atomic E-state index is 0.283. The lowest BCUT2D eigenvalue weighted by molar-refractivity contribution is -0.154. The van der Waals surface area contributed by atoms with Crippen LogP contribution < -0.4 is 0 Å². The van der Waals surface area contributed by atoms with Crippen molar-refractivity contribution in [3.05, 3.63) is 47.1 Å². The molecule has 0 aromatic rings. The summed E-state index contributed by atoms with van der Waals surface area (Å²) in [5.41, 5.74) is 0.321. The van der Waals surface area contributed by atoms with Crippen LogP contribution in [0.4, 0.5) is 0 Å². The fourth-order valence-electron chi connectivity index (χ4n) is 3.71. The number of hydrogen-bond donors (Lipinski definition) is 2. The molecule has 1 fully saturated rings. The van der Waals surface area contributed by atoms with E-state index in [-0.39, 0.29) is 23.4 Å². The SMILES string of the molecule is CC(C)=CCCC1(C)C=CC(OC(=O)C=C(C)C)C(C)(O)C2OC2C(=O)/C(CO)=C\C1. The fraction of sp³-hybridized carbons (Fsp3) is 0.600. The van der Waals surface area contributed by atoms with E-state index in [4.69, 9.17) is 9.47 Å². The van der Waals surface area contributed by atoms with Gasteiger partial charge < -0.3 is 19.7 Å². The lowest BCUT2D eigenvalue weighted by Crippen LogP contribution is -2.47. The van der Waals surface area contributed by atoms with Crippen molar-refractivity contribution in [3.8, 4) is 0 Å². The minimum Gasteiger partial charge on any atom is -0.452 e. The largest absolute Gasteiger partial charge is 0.452 e. The smallest absolute Gasteiger partial charge is 0.331 e. The highest BCUT2D eigenvalue weighted by atomic mass is 16.6. The molecule has 172 valence electrons. The molecule has 2 rings (SSSR count). The summed E-state index contributed by atoms with van der Waals surface area (Å²) in [6.07, 6.45) is 8.42. The summed E-state index contributed by atoms with van der Waals surface area (Å²) in [6, 6.07) is 0. The van der Waals surface area contributed by atoms with Crippen LogP contribution in [0.15, 0.2) is 47.1 Å². The number of allylic oxidation sites excluding steroid dienone is 5. The van der Waals surface area contributed by atoms with Gasteiger partial charge in [-0.3, -0.25) is 4.79 Å². The zero-order valence-corrected chi connectivity index (χ0v) is 19.5. The molecule has 6 heteroatoms. The zero-order chi connectivity index (χ0) is 23.4. The summed E-state index contributed by atoms with van der Waals surface area (Å²) in [5, 5.41) is 21.0. The van der Waals surface area contributed by atoms with Crippen LogP contribution in [0.2, 0.25) is 0 Å². The van der Waals surface area contributed by atoms with Crippen molar-refractivity contribution in [3.63, 3.8) is 0 Å². The highest BCUT2D eigenvalue weighted by Gasteiger charge is 2.59. The molecule has 0 bridgehead atoms. The maximum absolute atomic E-state index is 12.8. The van der Waals surface area contributed by atoms with Crippen molar-refractivity contribution in [2.45, 2.75) is 84.7 Å². The van der Waals surface area contributed by atoms with E-state index < -0.39 is 29.9 Å². The van der Waals surface area contributed by atoms with Gasteiger partial charge in [0.15, 0.2) is 11.9 Å². The van der Waals surface area contributed by atoms with E-state index in [9.17, 15) is 19.8 Å². The lowest BCUT2D eigenvalue weighted by atomic mass is 9.80. The number of epoxide rings is 1. The third-order valence-electron chi connectivity index (χ3n) is 5.79. The van der Waals surface area contributed by atoms with E-state index in [0.717, 1.165) is 18.4 Å². The Bertz CT molecular complexity index is 808. The number of ketones is 1. The monoisotopic (exact) mass is 432 g/mol. The molecule has 31 heavy (non-hydrogen) atoms. The predicted molar refractivity (Wildman–Crippen MR) is 119 cm³/mol. The number of ether oxygens (including phenoxy) is 2. The van der Waals surface area contributed by atoms with Crippen molar-refractivity contribution in [2.24, 2.45) is 5.41 Å². The Balaban J connectivity index is 2.43. The first-order valence-electron chi connectivity index (χ1n) is 10.8. The maximum atomic E-state index is 12.8. The zero-order valence-electron chi connectivity index (χ0n) is 19.5. The fourth-order valence-corrected chi connectivity index (χ4v) is 3.71. The molecule has 1 aliphatic heterocycles. The highest BCUT2D eigenvalue weighted by molar-refractivity contribution is 6.01. The molecule has 1 heterocycles. The molecule has 1 aliphatic carbocycles. The van der Waals surface area contributed by atoms with Crippen molar-refractivity contribution in [2.75, 3.05) is 6.61 Å². The van der Waals surface area contributed by atoms with E-state index >= 15 is 0 Å². The second kappa shape index (κ2) is 10.1. The van der Waals surface area contributed by atoms with E-state index in [1.165, 1.54) is 18.6 Å². The molecule has 0 amide bonds. The van der Waals surface area contributed by atoms with Crippen LogP contribution >= 0.6 is 0 Å². The number of aliphatic hydroxyl groups excluding tert-OH is 1. The first-order chi connectivity index (χ1) is 14.4. The number of carbonyl (C=O) groups excluding carboxylic acids is 2. The number of hydrogen-bond acceptors (Lipinski definition) is 6. The van der Waals surface area contributed by atoms with E-state index in [2.05, 4.69) is 13.0 Å². The summed E-state index contributed by atoms with van der Waals surface area (Å²) < 4.78 is 11.1. The quantitative estimate of drug-likeness (QED) is 0.288. The van der Waals surface area contributed by atoms with Gasteiger partial charge in [-0.15, -0.1) is 0 Å². The van der Waals surface area contributed by atoms with E-state index in [1.54, 1.807) is 26.0 Å². The van der Waals surface area contributed by atoms with Gasteiger partial charge in [0.25, 0.3) is 0 Å². The second-order valence-electron chi connectivity index (χ2n) is 9.57. The van der Waals surface area contributed by atoms with Gasteiger partial charge in [-0.05, 0) is 65.4 Å². The van der Waals surface area contributed by atoms with Gasteiger partial charge in [-0.25, -0.2) is 4.79 Å². The Morgan fingerprint density at radius 2 is 1.94 bits per heavy atom. The molecule has 0 radical (unpaired) electrons. The molecule has 6 nitrogen and oxygen atoms in total. The average Bonchev–Trinajstić information content (AvgIpc) is 3.45. The molecule has 0 aromatic heterocycles. The molecule has 1 saturated heterocycles. The van der Waals surface area contributed by atoms with Crippen LogP contribution in [-0.2, 0) is 19.1 Å². The van der Waals surface area contributed by atoms with Gasteiger partial charge in [0.1, 0.15) is 17.8 Å². The number of carbonyl (C=O) groups is 2. The molecule has 0 aromatic carbocycles. The van der Waals surface area contributed by atoms with Gasteiger partial charge in [0, 0.05) is 11.6 Å². The van der Waals surface area contributed by atoms with E-state index in [0.29, 0.717) is 6.42 Å². The standard InChI is InChI=1S/C25H36O6/c1-16(2)8-7-11-24(5)12-9-18(15-26)21(28)22-23(31-22)25(6,29)19(10-13-24)30-20(27)14-17(3)4/h8-10,13-14,19,22-23,26,29H,7,11-12,15H2,1-6H3/b13-10?,18-9-. The van der Waals surface area contributed by atoms with E-state index in [1.807, 2.05) is 19.9 Å². The van der Waals surface area contributed by atoms with Crippen molar-refractivity contribution < 1.29 is 29.3 Å². The Kier molecular flexibility index (Phi) is 8.20. The second-order valence-corrected chi connectivity index (χ2v) is 9.57. The number of aliphatic hydroxyl groups is 2. The summed E-state index contributed by atoms with van der Waals surface area (Å²) in [4.78, 5) is 25.1. The summed E-state index contributed by atoms with van der Waals surface area (Å²) in [7, 11) is 0. The van der Waals surface area contributed by atoms with Crippen LogP contribution in [0, 0.1) is 5.41 Å². The first-order valence-corrected chi connectivity index (χ1v) is 10.8. The number of fused-ring (bicyclic) bond motifs is 1. The Labute approximate surface area is 185 Å². The van der Waals surface area contributed by atoms with Gasteiger partial charge in [0.2, 0.25) is 0 Å². The molecule has 0 saturated carbocycles. The molecule has 5 unspecified atom stereocenters. The van der Waals surface area contributed by atoms with Crippen LogP contribution in [0.1, 0.15) is 60.8 Å². The Morgan fingerprint density at radius 1 is 1.26 bits per heavy atom. The average molecular weight is 433 g/mol. The third-order valence-corrected chi connectivity index (χ3v) is 5.79. The number of Topliss-reactive ketones (excluding diaryl/α,β-unsaturated/α-hetero) is 1. The molecule has 0 spiro atoms. The number of rotatable bonds is 6. The predicted octanol–water partition coefficient (Wildman–Crippen LogP) is 3.58. The van der Waals surface area contributed by atoms with Gasteiger partial charge in [0.05, 0.1) is 6.61 Å². The lowest BCUT2D eigenvalue weighted by Gasteiger charge is -2.31. The summed E-state index contributed by atoms with van der Waals surface area (Å²) >= 11 is 0. The first kappa shape index (κ1) is 25.2. The van der Waals surface area contributed by atoms with Gasteiger partial charge >= 0.3 is 5.97 Å². The van der Waals surface area contributed by atoms with Crippen LogP contribution in [0.5, 0.6) is 0 Å². The molecular weight excluding hydrogens is 396 g/mol. The van der Waals surface area contributed by atoms with Crippen LogP contribution in [0.3, 0.4) is 0 Å². The van der Waals surface area contributed by atoms with Gasteiger partial charge in [-0.1, -0.05) is 36.3 Å². The highest BCUT2D eigenvalue weighted by Crippen LogP contribution is 2.40. The van der Waals surface area contributed by atoms with Crippen molar-refractivity contribution in [1.82, 2.24) is 0 Å². The summed E-state index contributed by atoms with van der Waals surface area (Å²) in [5.74, 6) is -0.899. The van der Waals surface area contributed by atoms with Crippen LogP contribution in [0.25, 0.3) is 0 Å². The molecule has 2 N–H and O–H groups in total. The number of esters is 1. The van der Waals surface area contributed by atoms with Crippen molar-refractivity contribution in [1.29, 1.82) is 0 Å².